The van der Waals surface area contributed by atoms with Gasteiger partial charge in [-0.3, -0.25) is 25.4 Å². The van der Waals surface area contributed by atoms with Crippen LogP contribution >= 0.6 is 0 Å². The van der Waals surface area contributed by atoms with Crippen LogP contribution in [0.4, 0.5) is 10.5 Å². The number of nitrogens with two attached hydrogens (primary N) is 1. The van der Waals surface area contributed by atoms with Crippen LogP contribution in [0.15, 0.2) is 71.8 Å². The number of nitrogens with one attached hydrogen (secondary N) is 4. The molecule has 12 nitrogen and oxygen atoms in total. The molecule has 0 saturated carbocycles. The van der Waals surface area contributed by atoms with Crippen LogP contribution in [0.25, 0.3) is 0 Å². The predicted molar refractivity (Wildman–Crippen MR) is 156 cm³/mol. The molecule has 4 rings (SSSR count). The van der Waals surface area contributed by atoms with E-state index in [-0.39, 0.29) is 35.5 Å². The number of pyridine rings is 1. The lowest BCUT2D eigenvalue weighted by atomic mass is 9.85. The van der Waals surface area contributed by atoms with Gasteiger partial charge in [0.25, 0.3) is 0 Å². The third-order valence-corrected chi connectivity index (χ3v) is 6.71. The third kappa shape index (κ3) is 7.48. The zero-order valence-corrected chi connectivity index (χ0v) is 23.5. The summed E-state index contributed by atoms with van der Waals surface area (Å²) in [5, 5.41) is 34.6. The quantitative estimate of drug-likeness (QED) is 0.182. The summed E-state index contributed by atoms with van der Waals surface area (Å²) in [6.45, 7) is 6.20. The summed E-state index contributed by atoms with van der Waals surface area (Å²) >= 11 is 0. The second-order valence-corrected chi connectivity index (χ2v) is 10.8. The summed E-state index contributed by atoms with van der Waals surface area (Å²) in [5.74, 6) is 0.820. The number of carbonyl (C=O) groups is 1. The molecule has 0 radical (unpaired) electrons. The van der Waals surface area contributed by atoms with Crippen molar-refractivity contribution in [2.24, 2.45) is 16.1 Å². The largest absolute Gasteiger partial charge is 0.484 e. The van der Waals surface area contributed by atoms with Crippen molar-refractivity contribution >= 4 is 23.9 Å². The lowest BCUT2D eigenvalue weighted by molar-refractivity contribution is 0.171. The van der Waals surface area contributed by atoms with E-state index in [0.717, 1.165) is 17.5 Å². The van der Waals surface area contributed by atoms with E-state index in [1.54, 1.807) is 41.5 Å². The molecule has 0 saturated heterocycles. The van der Waals surface area contributed by atoms with Gasteiger partial charge in [-0.05, 0) is 36.1 Å². The van der Waals surface area contributed by atoms with E-state index in [0.29, 0.717) is 36.5 Å². The lowest BCUT2D eigenvalue weighted by Gasteiger charge is -2.32. The molecular weight excluding hydrogens is 522 g/mol. The number of nitrogens with zero attached hydrogens (tertiary/aromatic N) is 4. The second-order valence-electron chi connectivity index (χ2n) is 10.8. The average molecular weight is 560 g/mol. The van der Waals surface area contributed by atoms with Crippen LogP contribution in [0.2, 0.25) is 0 Å². The first-order valence-electron chi connectivity index (χ1n) is 13.4. The number of urea groups is 1. The van der Waals surface area contributed by atoms with Crippen LogP contribution in [0.1, 0.15) is 56.9 Å². The molecule has 3 aromatic rings. The first-order valence-corrected chi connectivity index (χ1v) is 13.4. The second kappa shape index (κ2) is 12.6. The molecule has 2 unspecified atom stereocenters. The Labute approximate surface area is 238 Å². The van der Waals surface area contributed by atoms with E-state index >= 15 is 0 Å². The van der Waals surface area contributed by atoms with Crippen molar-refractivity contribution in [2.45, 2.75) is 52.3 Å². The normalized spacial score (nSPS) is 17.5. The zero-order valence-electron chi connectivity index (χ0n) is 23.5. The Morgan fingerprint density at radius 2 is 1.98 bits per heavy atom. The number of ether oxygens (including phenoxy) is 1. The summed E-state index contributed by atoms with van der Waals surface area (Å²) in [7, 11) is 0. The van der Waals surface area contributed by atoms with Crippen molar-refractivity contribution in [3.8, 4) is 5.75 Å². The van der Waals surface area contributed by atoms with E-state index in [1.807, 2.05) is 45.0 Å². The number of aliphatic hydroxyl groups excluding tert-OH is 1. The summed E-state index contributed by atoms with van der Waals surface area (Å²) in [6, 6.07) is 10.4. The molecule has 12 heteroatoms. The van der Waals surface area contributed by atoms with E-state index in [1.165, 1.54) is 4.57 Å². The Hall–Kier alpha value is -4.71. The smallest absolute Gasteiger partial charge is 0.320 e. The Bertz CT molecular complexity index is 1510. The SMILES string of the molecule is CC(C)(C)C(N)=CC(=Nc1cnn(CCO)c1)NC(=O)NC1CCC(Oc2ccc(=N)n(C=N)c2)c2ccccc21. The maximum Gasteiger partial charge on any atom is 0.320 e. The van der Waals surface area contributed by atoms with Crippen LogP contribution in [0, 0.1) is 16.2 Å². The highest BCUT2D eigenvalue weighted by Crippen LogP contribution is 2.38. The molecule has 2 heterocycles. The van der Waals surface area contributed by atoms with Crippen LogP contribution in [0.3, 0.4) is 0 Å². The molecule has 216 valence electrons. The maximum atomic E-state index is 13.2. The number of fused-ring (bicyclic) bond motifs is 1. The number of aromatic nitrogens is 3. The third-order valence-electron chi connectivity index (χ3n) is 6.71. The number of amidine groups is 1. The molecule has 1 aliphatic rings. The van der Waals surface area contributed by atoms with E-state index in [2.05, 4.69) is 20.7 Å². The number of aliphatic hydroxyl groups is 1. The fraction of sp³-hybridized carbons (Fsp3) is 0.345. The molecular formula is C29H37N9O3. The predicted octanol–water partition coefficient (Wildman–Crippen LogP) is 3.48. The van der Waals surface area contributed by atoms with E-state index < -0.39 is 6.03 Å². The number of aliphatic imine (C=N–C) groups is 1. The monoisotopic (exact) mass is 559 g/mol. The van der Waals surface area contributed by atoms with E-state index in [9.17, 15) is 9.90 Å². The Kier molecular flexibility index (Phi) is 9.03. The number of allylic oxidation sites excluding steroid dienone is 1. The number of hydrogen-bond acceptors (Lipinski definition) is 8. The summed E-state index contributed by atoms with van der Waals surface area (Å²) < 4.78 is 9.20. The van der Waals surface area contributed by atoms with Crippen LogP contribution in [-0.2, 0) is 6.54 Å². The van der Waals surface area contributed by atoms with Gasteiger partial charge in [0.05, 0.1) is 44.1 Å². The van der Waals surface area contributed by atoms with Gasteiger partial charge < -0.3 is 20.9 Å². The highest BCUT2D eigenvalue weighted by atomic mass is 16.5. The van der Waals surface area contributed by atoms with Crippen LogP contribution < -0.4 is 26.6 Å². The van der Waals surface area contributed by atoms with Crippen molar-refractivity contribution in [1.82, 2.24) is 25.0 Å². The minimum absolute atomic E-state index is 0.0504. The fourth-order valence-electron chi connectivity index (χ4n) is 4.41. The van der Waals surface area contributed by atoms with Gasteiger partial charge in [0.15, 0.2) is 0 Å². The number of rotatable bonds is 8. The molecule has 2 aromatic heterocycles. The minimum atomic E-state index is -0.429. The maximum absolute atomic E-state index is 13.2. The summed E-state index contributed by atoms with van der Waals surface area (Å²) in [6.07, 6.45) is 8.58. The average Bonchev–Trinajstić information content (AvgIpc) is 3.37. The van der Waals surface area contributed by atoms with Crippen molar-refractivity contribution < 1.29 is 14.6 Å². The molecule has 41 heavy (non-hydrogen) atoms. The number of benzene rings is 1. The molecule has 0 bridgehead atoms. The topological polar surface area (TPSA) is 179 Å². The zero-order chi connectivity index (χ0) is 29.6. The molecule has 1 aromatic carbocycles. The van der Waals surface area contributed by atoms with Gasteiger partial charge in [0, 0.05) is 17.2 Å². The Balaban J connectivity index is 1.52. The molecule has 0 aliphatic heterocycles. The number of hydrogen-bond donors (Lipinski definition) is 6. The molecule has 0 spiro atoms. The minimum Gasteiger partial charge on any atom is -0.484 e. The number of carbonyl (C=O) groups excluding carboxylic acids is 1. The highest BCUT2D eigenvalue weighted by molar-refractivity contribution is 6.05. The van der Waals surface area contributed by atoms with Crippen LogP contribution in [-0.4, -0.2) is 44.3 Å². The van der Waals surface area contributed by atoms with Gasteiger partial charge in [-0.2, -0.15) is 5.10 Å². The van der Waals surface area contributed by atoms with Crippen molar-refractivity contribution in [3.05, 3.63) is 83.4 Å². The molecule has 1 aliphatic carbocycles. The fourth-order valence-corrected chi connectivity index (χ4v) is 4.41. The Morgan fingerprint density at radius 3 is 2.68 bits per heavy atom. The molecule has 0 fully saturated rings. The van der Waals surface area contributed by atoms with Crippen molar-refractivity contribution in [2.75, 3.05) is 6.61 Å². The van der Waals surface area contributed by atoms with E-state index in [4.69, 9.17) is 21.3 Å². The van der Waals surface area contributed by atoms with Gasteiger partial charge in [0.1, 0.15) is 28.9 Å². The molecule has 2 atom stereocenters. The van der Waals surface area contributed by atoms with Crippen molar-refractivity contribution in [1.29, 1.82) is 10.8 Å². The number of amides is 2. The first-order chi connectivity index (χ1) is 19.6. The van der Waals surface area contributed by atoms with Gasteiger partial charge in [-0.1, -0.05) is 45.0 Å². The Morgan fingerprint density at radius 1 is 1.22 bits per heavy atom. The van der Waals surface area contributed by atoms with Gasteiger partial charge in [-0.15, -0.1) is 0 Å². The summed E-state index contributed by atoms with van der Waals surface area (Å²) in [5.41, 5.74) is 9.12. The first kappa shape index (κ1) is 29.3. The van der Waals surface area contributed by atoms with Gasteiger partial charge in [0.2, 0.25) is 0 Å². The lowest BCUT2D eigenvalue weighted by Crippen LogP contribution is -2.42. The standard InChI is InChI=1S/C29H37N9O3/c1-29(2,3)25(31)14-27(34-19-15-33-38(16-19)12-13-39)36-28(40)35-23-9-10-24(22-7-5-4-6-21(22)23)41-20-8-11-26(32)37(17-20)18-30/h4-8,11,14-18,23-24,30,32,39H,9-10,12-13,31H2,1-3H3,(H2,34,35,36,40). The highest BCUT2D eigenvalue weighted by Gasteiger charge is 2.29. The van der Waals surface area contributed by atoms with Crippen LogP contribution in [0.5, 0.6) is 5.75 Å². The molecule has 7 N–H and O–H groups in total. The molecule has 2 amide bonds. The van der Waals surface area contributed by atoms with Crippen molar-refractivity contribution in [3.63, 3.8) is 0 Å². The van der Waals surface area contributed by atoms with Gasteiger partial charge in [-0.25, -0.2) is 9.79 Å². The summed E-state index contributed by atoms with van der Waals surface area (Å²) in [4.78, 5) is 17.8. The van der Waals surface area contributed by atoms with Gasteiger partial charge >= 0.3 is 6.03 Å².